The third-order valence-electron chi connectivity index (χ3n) is 5.88. The Morgan fingerprint density at radius 2 is 1.71 bits per heavy atom. The van der Waals surface area contributed by atoms with Crippen LogP contribution >= 0.6 is 0 Å². The lowest BCUT2D eigenvalue weighted by Gasteiger charge is -2.35. The molecule has 0 heterocycles. The summed E-state index contributed by atoms with van der Waals surface area (Å²) >= 11 is 0. The van der Waals surface area contributed by atoms with E-state index < -0.39 is 35.7 Å². The van der Waals surface area contributed by atoms with Crippen molar-refractivity contribution in [2.75, 3.05) is 19.7 Å². The van der Waals surface area contributed by atoms with Gasteiger partial charge in [-0.05, 0) is 77.0 Å². The van der Waals surface area contributed by atoms with Crippen molar-refractivity contribution >= 4 is 23.9 Å². The van der Waals surface area contributed by atoms with Gasteiger partial charge in [0.15, 0.2) is 0 Å². The standard InChI is InChI=1S/C29H47N3O6/c1-10-17-32(27(35)23(18-19(3)4)31-28(36)38-29(7,8)9)25(22-14-12-13-20(5)21(22)6)26(34)30-16-15-24(33)37-11-2/h12-14,19,23,25H,10-11,15-18H2,1-9H3,(H,30,34)(H,31,36). The van der Waals surface area contributed by atoms with E-state index in [9.17, 15) is 19.2 Å². The van der Waals surface area contributed by atoms with Gasteiger partial charge in [-0.3, -0.25) is 14.4 Å². The largest absolute Gasteiger partial charge is 0.466 e. The van der Waals surface area contributed by atoms with Crippen molar-refractivity contribution in [1.29, 1.82) is 0 Å². The highest BCUT2D eigenvalue weighted by Gasteiger charge is 2.37. The van der Waals surface area contributed by atoms with Crippen LogP contribution in [0.15, 0.2) is 18.2 Å². The predicted molar refractivity (Wildman–Crippen MR) is 148 cm³/mol. The van der Waals surface area contributed by atoms with Crippen molar-refractivity contribution in [3.8, 4) is 0 Å². The van der Waals surface area contributed by atoms with Crippen LogP contribution in [0.1, 0.15) is 90.5 Å². The molecule has 0 fully saturated rings. The van der Waals surface area contributed by atoms with Gasteiger partial charge in [0.1, 0.15) is 17.7 Å². The van der Waals surface area contributed by atoms with Gasteiger partial charge in [-0.2, -0.15) is 0 Å². The molecule has 0 saturated carbocycles. The molecule has 1 aromatic rings. The number of carbonyl (C=O) groups excluding carboxylic acids is 4. The van der Waals surface area contributed by atoms with Crippen LogP contribution < -0.4 is 10.6 Å². The van der Waals surface area contributed by atoms with Gasteiger partial charge in [-0.25, -0.2) is 4.79 Å². The summed E-state index contributed by atoms with van der Waals surface area (Å²) < 4.78 is 10.4. The Morgan fingerprint density at radius 1 is 1.05 bits per heavy atom. The molecule has 214 valence electrons. The van der Waals surface area contributed by atoms with Gasteiger partial charge in [0.05, 0.1) is 13.0 Å². The molecule has 0 saturated heterocycles. The first-order chi connectivity index (χ1) is 17.7. The van der Waals surface area contributed by atoms with Crippen LogP contribution in [0, 0.1) is 19.8 Å². The molecule has 38 heavy (non-hydrogen) atoms. The number of nitrogens with one attached hydrogen (secondary N) is 2. The van der Waals surface area contributed by atoms with Gasteiger partial charge in [0.2, 0.25) is 11.8 Å². The van der Waals surface area contributed by atoms with E-state index in [1.54, 1.807) is 27.7 Å². The minimum atomic E-state index is -0.945. The zero-order valence-corrected chi connectivity index (χ0v) is 24.6. The van der Waals surface area contributed by atoms with Gasteiger partial charge >= 0.3 is 12.1 Å². The Morgan fingerprint density at radius 3 is 2.26 bits per heavy atom. The Hall–Kier alpha value is -3.10. The summed E-state index contributed by atoms with van der Waals surface area (Å²) in [6.07, 6.45) is 0.318. The SMILES string of the molecule is CCCN(C(=O)C(CC(C)C)NC(=O)OC(C)(C)C)C(C(=O)NCCC(=O)OCC)c1cccc(C)c1C. The first kappa shape index (κ1) is 32.9. The van der Waals surface area contributed by atoms with Crippen molar-refractivity contribution in [3.05, 3.63) is 34.9 Å². The van der Waals surface area contributed by atoms with Crippen LogP contribution in [0.25, 0.3) is 0 Å². The summed E-state index contributed by atoms with van der Waals surface area (Å²) in [7, 11) is 0. The number of hydrogen-bond acceptors (Lipinski definition) is 6. The number of hydrogen-bond donors (Lipinski definition) is 2. The third-order valence-corrected chi connectivity index (χ3v) is 5.88. The molecule has 0 aliphatic rings. The highest BCUT2D eigenvalue weighted by atomic mass is 16.6. The lowest BCUT2D eigenvalue weighted by molar-refractivity contribution is -0.144. The quantitative estimate of drug-likeness (QED) is 0.359. The zero-order valence-electron chi connectivity index (χ0n) is 24.6. The van der Waals surface area contributed by atoms with E-state index in [0.29, 0.717) is 24.9 Å². The van der Waals surface area contributed by atoms with Crippen LogP contribution in [0.2, 0.25) is 0 Å². The molecule has 0 bridgehead atoms. The predicted octanol–water partition coefficient (Wildman–Crippen LogP) is 4.59. The van der Waals surface area contributed by atoms with Crippen LogP contribution in [0.5, 0.6) is 0 Å². The van der Waals surface area contributed by atoms with E-state index in [2.05, 4.69) is 10.6 Å². The smallest absolute Gasteiger partial charge is 0.408 e. The van der Waals surface area contributed by atoms with Crippen LogP contribution in [0.3, 0.4) is 0 Å². The molecular formula is C29H47N3O6. The lowest BCUT2D eigenvalue weighted by atomic mass is 9.94. The summed E-state index contributed by atoms with van der Waals surface area (Å²) in [6, 6.07) is 3.82. The molecule has 9 nitrogen and oxygen atoms in total. The molecule has 0 aromatic heterocycles. The molecule has 2 unspecified atom stereocenters. The average molecular weight is 534 g/mol. The molecule has 0 aliphatic heterocycles. The number of carbonyl (C=O) groups is 4. The average Bonchev–Trinajstić information content (AvgIpc) is 2.79. The van der Waals surface area contributed by atoms with Gasteiger partial charge in [0, 0.05) is 13.1 Å². The van der Waals surface area contributed by atoms with Crippen molar-refractivity contribution in [3.63, 3.8) is 0 Å². The van der Waals surface area contributed by atoms with Gasteiger partial charge in [-0.1, -0.05) is 39.0 Å². The number of alkyl carbamates (subject to hydrolysis) is 1. The number of nitrogens with zero attached hydrogens (tertiary/aromatic N) is 1. The summed E-state index contributed by atoms with van der Waals surface area (Å²) in [5.74, 6) is -1.07. The minimum Gasteiger partial charge on any atom is -0.466 e. The fourth-order valence-electron chi connectivity index (χ4n) is 4.09. The van der Waals surface area contributed by atoms with Gasteiger partial charge in [-0.15, -0.1) is 0 Å². The van der Waals surface area contributed by atoms with Crippen LogP contribution in [0.4, 0.5) is 4.79 Å². The Kier molecular flexibility index (Phi) is 13.3. The first-order valence-electron chi connectivity index (χ1n) is 13.5. The van der Waals surface area contributed by atoms with Crippen molar-refractivity contribution in [2.24, 2.45) is 5.92 Å². The van der Waals surface area contributed by atoms with Crippen LogP contribution in [-0.2, 0) is 23.9 Å². The van der Waals surface area contributed by atoms with Crippen LogP contribution in [-0.4, -0.2) is 60.1 Å². The molecule has 2 atom stereocenters. The first-order valence-corrected chi connectivity index (χ1v) is 13.5. The summed E-state index contributed by atoms with van der Waals surface area (Å²) in [4.78, 5) is 53.7. The van der Waals surface area contributed by atoms with E-state index >= 15 is 0 Å². The second kappa shape index (κ2) is 15.3. The molecule has 1 aromatic carbocycles. The summed E-state index contributed by atoms with van der Waals surface area (Å²) in [5, 5.41) is 5.56. The Balaban J connectivity index is 3.43. The number of amides is 3. The van der Waals surface area contributed by atoms with E-state index in [-0.39, 0.29) is 31.4 Å². The van der Waals surface area contributed by atoms with Gasteiger partial charge < -0.3 is 25.0 Å². The minimum absolute atomic E-state index is 0.0248. The van der Waals surface area contributed by atoms with Crippen molar-refractivity contribution in [2.45, 2.75) is 99.3 Å². The van der Waals surface area contributed by atoms with E-state index in [4.69, 9.17) is 9.47 Å². The number of esters is 1. The Labute approximate surface area is 228 Å². The molecule has 0 aliphatic carbocycles. The summed E-state index contributed by atoms with van der Waals surface area (Å²) in [5.41, 5.74) is 1.85. The maximum absolute atomic E-state index is 14.1. The normalized spacial score (nSPS) is 12.9. The molecule has 3 amide bonds. The molecular weight excluding hydrogens is 486 g/mol. The van der Waals surface area contributed by atoms with E-state index in [1.807, 2.05) is 52.8 Å². The second-order valence-corrected chi connectivity index (χ2v) is 10.9. The highest BCUT2D eigenvalue weighted by molar-refractivity contribution is 5.92. The number of rotatable bonds is 13. The lowest BCUT2D eigenvalue weighted by Crippen LogP contribution is -2.53. The number of ether oxygens (including phenoxy) is 2. The molecule has 1 rings (SSSR count). The second-order valence-electron chi connectivity index (χ2n) is 10.9. The summed E-state index contributed by atoms with van der Waals surface area (Å²) in [6.45, 7) is 17.4. The number of aryl methyl sites for hydroxylation is 1. The third kappa shape index (κ3) is 10.7. The van der Waals surface area contributed by atoms with Gasteiger partial charge in [0.25, 0.3) is 0 Å². The van der Waals surface area contributed by atoms with Crippen molar-refractivity contribution in [1.82, 2.24) is 15.5 Å². The molecule has 0 spiro atoms. The highest BCUT2D eigenvalue weighted by Crippen LogP contribution is 2.28. The van der Waals surface area contributed by atoms with Crippen molar-refractivity contribution < 1.29 is 28.7 Å². The topological polar surface area (TPSA) is 114 Å². The maximum Gasteiger partial charge on any atom is 0.408 e. The molecule has 2 N–H and O–H groups in total. The fourth-order valence-corrected chi connectivity index (χ4v) is 4.09. The monoisotopic (exact) mass is 533 g/mol. The maximum atomic E-state index is 14.1. The Bertz CT molecular complexity index is 954. The van der Waals surface area contributed by atoms with E-state index in [0.717, 1.165) is 11.1 Å². The molecule has 9 heteroatoms. The zero-order chi connectivity index (χ0) is 29.0. The fraction of sp³-hybridized carbons (Fsp3) is 0.655. The van der Waals surface area contributed by atoms with E-state index in [1.165, 1.54) is 4.90 Å². The number of benzene rings is 1. The molecule has 0 radical (unpaired) electrons.